The quantitative estimate of drug-likeness (QED) is 0.662. The van der Waals surface area contributed by atoms with E-state index in [9.17, 15) is 4.79 Å². The van der Waals surface area contributed by atoms with Crippen molar-refractivity contribution in [3.63, 3.8) is 0 Å². The summed E-state index contributed by atoms with van der Waals surface area (Å²) in [5.41, 5.74) is 2.26. The lowest BCUT2D eigenvalue weighted by Crippen LogP contribution is -2.05. The Labute approximate surface area is 109 Å². The number of hydrogen-bond acceptors (Lipinski definition) is 3. The van der Waals surface area contributed by atoms with Gasteiger partial charge in [-0.15, -0.1) is 0 Å². The monoisotopic (exact) mass is 247 g/mol. The van der Waals surface area contributed by atoms with Gasteiger partial charge in [0.15, 0.2) is 0 Å². The molecule has 0 spiro atoms. The van der Waals surface area contributed by atoms with E-state index >= 15 is 0 Å². The third-order valence-corrected chi connectivity index (χ3v) is 3.00. The van der Waals surface area contributed by atoms with Crippen LogP contribution in [-0.4, -0.2) is 0 Å². The average Bonchev–Trinajstić information content (AvgIpc) is 2.48. The number of benzene rings is 2. The van der Waals surface area contributed by atoms with Crippen molar-refractivity contribution in [1.82, 2.24) is 0 Å². The first kappa shape index (κ1) is 11.2. The first-order chi connectivity index (χ1) is 9.29. The molecule has 1 aromatic heterocycles. The highest BCUT2D eigenvalue weighted by atomic mass is 16.3. The second-order valence-corrected chi connectivity index (χ2v) is 4.17. The molecule has 0 unspecified atom stereocenters. The minimum Gasteiger partial charge on any atom is -0.463 e. The summed E-state index contributed by atoms with van der Waals surface area (Å²) in [5.74, 6) is 0. The van der Waals surface area contributed by atoms with Gasteiger partial charge in [-0.3, -0.25) is 4.79 Å². The van der Waals surface area contributed by atoms with Crippen molar-refractivity contribution >= 4 is 11.0 Å². The topological polar surface area (TPSA) is 54.0 Å². The highest BCUT2D eigenvalue weighted by Gasteiger charge is 2.07. The van der Waals surface area contributed by atoms with Crippen molar-refractivity contribution < 1.29 is 4.42 Å². The molecular formula is C16H9NO2. The molecule has 0 aliphatic carbocycles. The second kappa shape index (κ2) is 4.43. The highest BCUT2D eigenvalue weighted by Crippen LogP contribution is 2.23. The van der Waals surface area contributed by atoms with Crippen LogP contribution in [-0.2, 0) is 0 Å². The van der Waals surface area contributed by atoms with Gasteiger partial charge in [-0.25, -0.2) is 0 Å². The zero-order valence-corrected chi connectivity index (χ0v) is 9.96. The van der Waals surface area contributed by atoms with Crippen LogP contribution in [0.15, 0.2) is 64.0 Å². The Morgan fingerprint density at radius 3 is 2.53 bits per heavy atom. The third kappa shape index (κ3) is 1.90. The van der Waals surface area contributed by atoms with E-state index in [0.29, 0.717) is 11.0 Å². The summed E-state index contributed by atoms with van der Waals surface area (Å²) in [7, 11) is 0. The van der Waals surface area contributed by atoms with Crippen LogP contribution in [0.2, 0.25) is 0 Å². The molecule has 0 aliphatic rings. The smallest absolute Gasteiger partial charge is 0.210 e. The molecular weight excluding hydrogens is 238 g/mol. The lowest BCUT2D eigenvalue weighted by molar-refractivity contribution is 0.600. The van der Waals surface area contributed by atoms with Gasteiger partial charge in [0.25, 0.3) is 0 Å². The minimum absolute atomic E-state index is 0.0277. The van der Waals surface area contributed by atoms with E-state index in [-0.39, 0.29) is 11.0 Å². The highest BCUT2D eigenvalue weighted by molar-refractivity contribution is 5.83. The van der Waals surface area contributed by atoms with Gasteiger partial charge in [0.2, 0.25) is 5.43 Å². The van der Waals surface area contributed by atoms with Gasteiger partial charge in [-0.2, -0.15) is 5.26 Å². The number of hydrogen-bond donors (Lipinski definition) is 0. The standard InChI is InChI=1S/C16H9NO2/c17-9-13-10-19-15-8-12(6-7-14(15)16(13)18)11-4-2-1-3-5-11/h1-8,10H. The fourth-order valence-corrected chi connectivity index (χ4v) is 2.02. The van der Waals surface area contributed by atoms with E-state index in [0.717, 1.165) is 11.1 Å². The molecule has 1 heterocycles. The van der Waals surface area contributed by atoms with Crippen molar-refractivity contribution in [3.05, 3.63) is 70.6 Å². The van der Waals surface area contributed by atoms with Crippen LogP contribution in [0.3, 0.4) is 0 Å². The SMILES string of the molecule is N#Cc1coc2cc(-c3ccccc3)ccc2c1=O. The van der Waals surface area contributed by atoms with Crippen LogP contribution in [0, 0.1) is 11.3 Å². The molecule has 3 nitrogen and oxygen atoms in total. The van der Waals surface area contributed by atoms with E-state index < -0.39 is 0 Å². The molecule has 19 heavy (non-hydrogen) atoms. The van der Waals surface area contributed by atoms with Gasteiger partial charge in [-0.1, -0.05) is 36.4 Å². The maximum Gasteiger partial charge on any atom is 0.210 e. The van der Waals surface area contributed by atoms with E-state index in [2.05, 4.69) is 0 Å². The minimum atomic E-state index is -0.289. The van der Waals surface area contributed by atoms with Gasteiger partial charge >= 0.3 is 0 Å². The molecule has 2 aromatic carbocycles. The predicted octanol–water partition coefficient (Wildman–Crippen LogP) is 3.33. The van der Waals surface area contributed by atoms with Crippen molar-refractivity contribution in [3.8, 4) is 17.2 Å². The van der Waals surface area contributed by atoms with E-state index in [1.807, 2.05) is 48.5 Å². The Morgan fingerprint density at radius 2 is 1.79 bits per heavy atom. The van der Waals surface area contributed by atoms with Crippen LogP contribution >= 0.6 is 0 Å². The maximum absolute atomic E-state index is 11.9. The van der Waals surface area contributed by atoms with Crippen LogP contribution in [0.1, 0.15) is 5.56 Å². The summed E-state index contributed by atoms with van der Waals surface area (Å²) in [6.45, 7) is 0. The summed E-state index contributed by atoms with van der Waals surface area (Å²) in [6.07, 6.45) is 1.21. The van der Waals surface area contributed by atoms with Crippen molar-refractivity contribution in [2.75, 3.05) is 0 Å². The largest absolute Gasteiger partial charge is 0.463 e. The zero-order valence-electron chi connectivity index (χ0n) is 9.96. The molecule has 0 amide bonds. The zero-order chi connectivity index (χ0) is 13.2. The molecule has 0 N–H and O–H groups in total. The normalized spacial score (nSPS) is 10.3. The predicted molar refractivity (Wildman–Crippen MR) is 72.6 cm³/mol. The average molecular weight is 247 g/mol. The van der Waals surface area contributed by atoms with E-state index in [4.69, 9.17) is 9.68 Å². The lowest BCUT2D eigenvalue weighted by Gasteiger charge is -2.03. The summed E-state index contributed by atoms with van der Waals surface area (Å²) in [4.78, 5) is 11.9. The Kier molecular flexibility index (Phi) is 2.62. The summed E-state index contributed by atoms with van der Waals surface area (Å²) in [6, 6.07) is 17.0. The van der Waals surface area contributed by atoms with Crippen molar-refractivity contribution in [1.29, 1.82) is 5.26 Å². The molecule has 3 aromatic rings. The fraction of sp³-hybridized carbons (Fsp3) is 0. The molecule has 0 saturated carbocycles. The van der Waals surface area contributed by atoms with Crippen LogP contribution in [0.5, 0.6) is 0 Å². The van der Waals surface area contributed by atoms with E-state index in [1.54, 1.807) is 6.07 Å². The van der Waals surface area contributed by atoms with Gasteiger partial charge in [0, 0.05) is 0 Å². The summed E-state index contributed by atoms with van der Waals surface area (Å²) in [5, 5.41) is 9.23. The molecule has 0 saturated heterocycles. The lowest BCUT2D eigenvalue weighted by atomic mass is 10.0. The molecule has 3 rings (SSSR count). The number of nitriles is 1. The molecule has 0 aliphatic heterocycles. The Bertz CT molecular complexity index is 842. The number of nitrogens with zero attached hydrogens (tertiary/aromatic N) is 1. The van der Waals surface area contributed by atoms with E-state index in [1.165, 1.54) is 6.26 Å². The Morgan fingerprint density at radius 1 is 1.00 bits per heavy atom. The first-order valence-electron chi connectivity index (χ1n) is 5.80. The molecule has 3 heteroatoms. The molecule has 0 radical (unpaired) electrons. The number of fused-ring (bicyclic) bond motifs is 1. The summed E-state index contributed by atoms with van der Waals surface area (Å²) >= 11 is 0. The first-order valence-corrected chi connectivity index (χ1v) is 5.80. The van der Waals surface area contributed by atoms with Crippen molar-refractivity contribution in [2.45, 2.75) is 0 Å². The number of rotatable bonds is 1. The maximum atomic E-state index is 11.9. The van der Waals surface area contributed by atoms with Crippen LogP contribution in [0.4, 0.5) is 0 Å². The second-order valence-electron chi connectivity index (χ2n) is 4.17. The van der Waals surface area contributed by atoms with Gasteiger partial charge < -0.3 is 4.42 Å². The summed E-state index contributed by atoms with van der Waals surface area (Å²) < 4.78 is 5.35. The molecule has 90 valence electrons. The third-order valence-electron chi connectivity index (χ3n) is 3.00. The fourth-order valence-electron chi connectivity index (χ4n) is 2.02. The Balaban J connectivity index is 2.24. The van der Waals surface area contributed by atoms with Gasteiger partial charge in [0.1, 0.15) is 23.5 Å². The van der Waals surface area contributed by atoms with Gasteiger partial charge in [-0.05, 0) is 23.3 Å². The van der Waals surface area contributed by atoms with Crippen molar-refractivity contribution in [2.24, 2.45) is 0 Å². The molecule has 0 fully saturated rings. The molecule has 0 bridgehead atoms. The van der Waals surface area contributed by atoms with Crippen LogP contribution in [0.25, 0.3) is 22.1 Å². The van der Waals surface area contributed by atoms with Crippen LogP contribution < -0.4 is 5.43 Å². The molecule has 0 atom stereocenters. The van der Waals surface area contributed by atoms with Gasteiger partial charge in [0.05, 0.1) is 5.39 Å². The Hall–Kier alpha value is -2.86.